The molecule has 0 bridgehead atoms. The van der Waals surface area contributed by atoms with Crippen LogP contribution < -0.4 is 14.9 Å². The number of fused-ring (bicyclic) bond motifs is 1. The molecule has 0 spiro atoms. The summed E-state index contributed by atoms with van der Waals surface area (Å²) in [6.07, 6.45) is -0.740. The highest BCUT2D eigenvalue weighted by atomic mass is 79.9. The first-order valence-corrected chi connectivity index (χ1v) is 13.6. The van der Waals surface area contributed by atoms with Crippen molar-refractivity contribution in [3.8, 4) is 11.3 Å². The number of anilines is 3. The van der Waals surface area contributed by atoms with Gasteiger partial charge in [0.25, 0.3) is 10.0 Å². The van der Waals surface area contributed by atoms with Gasteiger partial charge in [-0.2, -0.15) is 0 Å². The van der Waals surface area contributed by atoms with E-state index in [0.29, 0.717) is 27.2 Å². The summed E-state index contributed by atoms with van der Waals surface area (Å²) < 4.78 is 29.4. The number of hydrogen-bond donors (Lipinski definition) is 3. The second-order valence-corrected chi connectivity index (χ2v) is 10.7. The van der Waals surface area contributed by atoms with Crippen LogP contribution in [0.2, 0.25) is 0 Å². The van der Waals surface area contributed by atoms with Gasteiger partial charge in [-0.25, -0.2) is 13.4 Å². The Morgan fingerprint density at radius 3 is 2.58 bits per heavy atom. The Hall–Kier alpha value is -2.66. The van der Waals surface area contributed by atoms with Crippen LogP contribution >= 0.6 is 27.3 Å². The van der Waals surface area contributed by atoms with E-state index in [0.717, 1.165) is 16.6 Å². The number of sulfonamides is 1. The standard InChI is InChI=1S/C23H23BrN4O3S2/c1-28(2)20-10-4-9-18-17(20)8-5-11-21(18)33(30,31)27-16-7-3-6-15(12-16)19-14-32-23(25-19)26-22(29)13-24/h3-12,14,22,27,29H,13H2,1-2H3,(H,25,26). The van der Waals surface area contributed by atoms with E-state index >= 15 is 0 Å². The number of nitrogens with zero attached hydrogens (tertiary/aromatic N) is 2. The van der Waals surface area contributed by atoms with Crippen molar-refractivity contribution in [1.29, 1.82) is 0 Å². The first-order chi connectivity index (χ1) is 15.8. The zero-order valence-corrected chi connectivity index (χ0v) is 21.2. The SMILES string of the molecule is CN(C)c1cccc2c(S(=O)(=O)Nc3cccc(-c4csc(NC(O)CBr)n4)c3)cccc12. The molecule has 172 valence electrons. The van der Waals surface area contributed by atoms with Gasteiger partial charge in [0.05, 0.1) is 10.6 Å². The van der Waals surface area contributed by atoms with Crippen LogP contribution in [0.4, 0.5) is 16.5 Å². The van der Waals surface area contributed by atoms with E-state index in [4.69, 9.17) is 0 Å². The van der Waals surface area contributed by atoms with Gasteiger partial charge in [-0.1, -0.05) is 52.3 Å². The molecule has 4 aromatic rings. The summed E-state index contributed by atoms with van der Waals surface area (Å²) in [5.41, 5.74) is 2.84. The first-order valence-electron chi connectivity index (χ1n) is 10.1. The van der Waals surface area contributed by atoms with E-state index in [-0.39, 0.29) is 4.90 Å². The number of aliphatic hydroxyl groups is 1. The van der Waals surface area contributed by atoms with Crippen LogP contribution in [0.3, 0.4) is 0 Å². The minimum atomic E-state index is -3.83. The molecule has 0 saturated carbocycles. The van der Waals surface area contributed by atoms with Crippen molar-refractivity contribution in [2.75, 3.05) is 34.4 Å². The Balaban J connectivity index is 1.64. The van der Waals surface area contributed by atoms with Crippen molar-refractivity contribution < 1.29 is 13.5 Å². The smallest absolute Gasteiger partial charge is 0.262 e. The van der Waals surface area contributed by atoms with Gasteiger partial charge in [0.2, 0.25) is 0 Å². The van der Waals surface area contributed by atoms with Gasteiger partial charge in [-0.3, -0.25) is 4.72 Å². The number of benzene rings is 3. The average molecular weight is 548 g/mol. The number of hydrogen-bond acceptors (Lipinski definition) is 7. The van der Waals surface area contributed by atoms with Gasteiger partial charge in [0, 0.05) is 52.5 Å². The van der Waals surface area contributed by atoms with Crippen LogP contribution in [0.15, 0.2) is 70.9 Å². The highest BCUT2D eigenvalue weighted by molar-refractivity contribution is 9.09. The molecule has 0 saturated heterocycles. The third-order valence-electron chi connectivity index (χ3n) is 4.98. The molecule has 0 aliphatic carbocycles. The lowest BCUT2D eigenvalue weighted by Crippen LogP contribution is -2.19. The molecule has 4 rings (SSSR count). The highest BCUT2D eigenvalue weighted by Gasteiger charge is 2.19. The summed E-state index contributed by atoms with van der Waals surface area (Å²) in [6, 6.07) is 18.0. The first kappa shape index (κ1) is 23.5. The molecule has 1 unspecified atom stereocenters. The Morgan fingerprint density at radius 1 is 1.09 bits per heavy atom. The molecule has 3 N–H and O–H groups in total. The van der Waals surface area contributed by atoms with E-state index in [9.17, 15) is 13.5 Å². The van der Waals surface area contributed by atoms with Gasteiger partial charge < -0.3 is 15.3 Å². The number of halogens is 1. The van der Waals surface area contributed by atoms with E-state index < -0.39 is 16.3 Å². The molecule has 33 heavy (non-hydrogen) atoms. The summed E-state index contributed by atoms with van der Waals surface area (Å²) in [7, 11) is 0.0282. The molecule has 0 fully saturated rings. The summed E-state index contributed by atoms with van der Waals surface area (Å²) in [5, 5.41) is 16.9. The van der Waals surface area contributed by atoms with Crippen molar-refractivity contribution in [2.45, 2.75) is 11.1 Å². The molecule has 1 aromatic heterocycles. The fourth-order valence-corrected chi connectivity index (χ4v) is 5.70. The highest BCUT2D eigenvalue weighted by Crippen LogP contribution is 2.32. The zero-order valence-electron chi connectivity index (χ0n) is 18.0. The minimum absolute atomic E-state index is 0.220. The fourth-order valence-electron chi connectivity index (χ4n) is 3.49. The van der Waals surface area contributed by atoms with E-state index in [1.165, 1.54) is 11.3 Å². The minimum Gasteiger partial charge on any atom is -0.377 e. The van der Waals surface area contributed by atoms with Crippen LogP contribution in [-0.2, 0) is 10.0 Å². The quantitative estimate of drug-likeness (QED) is 0.213. The molecule has 1 heterocycles. The second-order valence-electron chi connectivity index (χ2n) is 7.56. The van der Waals surface area contributed by atoms with Crippen molar-refractivity contribution >= 4 is 64.6 Å². The van der Waals surface area contributed by atoms with Crippen LogP contribution in [0.1, 0.15) is 0 Å². The van der Waals surface area contributed by atoms with Gasteiger partial charge in [0.15, 0.2) is 5.13 Å². The van der Waals surface area contributed by atoms with Gasteiger partial charge >= 0.3 is 0 Å². The van der Waals surface area contributed by atoms with Crippen LogP contribution in [0.5, 0.6) is 0 Å². The molecule has 1 atom stereocenters. The summed E-state index contributed by atoms with van der Waals surface area (Å²) in [5.74, 6) is 0. The maximum atomic E-state index is 13.3. The molecule has 10 heteroatoms. The van der Waals surface area contributed by atoms with Crippen molar-refractivity contribution in [3.05, 3.63) is 66.0 Å². The van der Waals surface area contributed by atoms with E-state index in [2.05, 4.69) is 31.0 Å². The maximum absolute atomic E-state index is 13.3. The predicted molar refractivity (Wildman–Crippen MR) is 140 cm³/mol. The van der Waals surface area contributed by atoms with Gasteiger partial charge in [-0.15, -0.1) is 11.3 Å². The molecule has 3 aromatic carbocycles. The summed E-state index contributed by atoms with van der Waals surface area (Å²) in [6.45, 7) is 0. The van der Waals surface area contributed by atoms with Crippen LogP contribution in [0.25, 0.3) is 22.0 Å². The number of nitrogens with one attached hydrogen (secondary N) is 2. The molecule has 0 aliphatic heterocycles. The molecule has 0 radical (unpaired) electrons. The third kappa shape index (κ3) is 5.14. The maximum Gasteiger partial charge on any atom is 0.262 e. The average Bonchev–Trinajstić information content (AvgIpc) is 3.26. The largest absolute Gasteiger partial charge is 0.377 e. The Labute approximate surface area is 205 Å². The van der Waals surface area contributed by atoms with E-state index in [1.54, 1.807) is 30.3 Å². The lowest BCUT2D eigenvalue weighted by molar-refractivity contribution is 0.230. The van der Waals surface area contributed by atoms with Crippen molar-refractivity contribution in [1.82, 2.24) is 4.98 Å². The van der Waals surface area contributed by atoms with Crippen LogP contribution in [0, 0.1) is 0 Å². The fraction of sp³-hybridized carbons (Fsp3) is 0.174. The van der Waals surface area contributed by atoms with Crippen LogP contribution in [-0.4, -0.2) is 44.2 Å². The van der Waals surface area contributed by atoms with Crippen molar-refractivity contribution in [2.24, 2.45) is 0 Å². The Bertz CT molecular complexity index is 1390. The molecule has 7 nitrogen and oxygen atoms in total. The van der Waals surface area contributed by atoms with Gasteiger partial charge in [0.1, 0.15) is 6.23 Å². The molecular formula is C23H23BrN4O3S2. The monoisotopic (exact) mass is 546 g/mol. The topological polar surface area (TPSA) is 94.6 Å². The van der Waals surface area contributed by atoms with E-state index in [1.807, 2.05) is 54.7 Å². The normalized spacial score (nSPS) is 12.5. The Kier molecular flexibility index (Phi) is 6.89. The van der Waals surface area contributed by atoms with Gasteiger partial charge in [-0.05, 0) is 24.3 Å². The number of thiazole rings is 1. The Morgan fingerprint density at radius 2 is 1.82 bits per heavy atom. The summed E-state index contributed by atoms with van der Waals surface area (Å²) in [4.78, 5) is 6.66. The molecular weight excluding hydrogens is 524 g/mol. The third-order valence-corrected chi connectivity index (χ3v) is 7.81. The number of aliphatic hydroxyl groups excluding tert-OH is 1. The molecule has 0 aliphatic rings. The number of alkyl halides is 1. The molecule has 0 amide bonds. The zero-order chi connectivity index (χ0) is 23.6. The number of rotatable bonds is 8. The summed E-state index contributed by atoms with van der Waals surface area (Å²) >= 11 is 4.57. The lowest BCUT2D eigenvalue weighted by atomic mass is 10.1. The lowest BCUT2D eigenvalue weighted by Gasteiger charge is -2.17. The predicted octanol–water partition coefficient (Wildman–Crippen LogP) is 4.96. The number of aromatic nitrogens is 1. The second kappa shape index (κ2) is 9.68. The van der Waals surface area contributed by atoms with Crippen molar-refractivity contribution in [3.63, 3.8) is 0 Å².